The van der Waals surface area contributed by atoms with Gasteiger partial charge in [-0.05, 0) is 18.9 Å². The molecule has 1 N–H and O–H groups in total. The summed E-state index contributed by atoms with van der Waals surface area (Å²) in [7, 11) is 0. The van der Waals surface area contributed by atoms with E-state index in [1.54, 1.807) is 17.1 Å². The Kier molecular flexibility index (Phi) is 3.34. The molecule has 0 spiro atoms. The van der Waals surface area contributed by atoms with Gasteiger partial charge in [-0.25, -0.2) is 0 Å². The van der Waals surface area contributed by atoms with Crippen LogP contribution in [0.2, 0.25) is 0 Å². The van der Waals surface area contributed by atoms with Gasteiger partial charge in [0.05, 0.1) is 0 Å². The summed E-state index contributed by atoms with van der Waals surface area (Å²) in [6.45, 7) is 1.78. The van der Waals surface area contributed by atoms with Crippen LogP contribution in [0.4, 0.5) is 0 Å². The Bertz CT molecular complexity index is 304. The zero-order valence-corrected chi connectivity index (χ0v) is 8.56. The van der Waals surface area contributed by atoms with Crippen LogP contribution >= 0.6 is 0 Å². The van der Waals surface area contributed by atoms with Gasteiger partial charge in [-0.2, -0.15) is 5.10 Å². The van der Waals surface area contributed by atoms with Crippen LogP contribution in [0.3, 0.4) is 0 Å². The Morgan fingerprint density at radius 1 is 1.53 bits per heavy atom. The Labute approximate surface area is 88.4 Å². The highest BCUT2D eigenvalue weighted by Crippen LogP contribution is 2.05. The van der Waals surface area contributed by atoms with Crippen LogP contribution in [-0.4, -0.2) is 34.9 Å². The van der Waals surface area contributed by atoms with Gasteiger partial charge in [-0.3, -0.25) is 9.48 Å². The molecule has 0 atom stereocenters. The number of hydrogen-bond acceptors (Lipinski definition) is 3. The lowest BCUT2D eigenvalue weighted by Crippen LogP contribution is -2.40. The first-order chi connectivity index (χ1) is 7.34. The number of hydrogen-bond donors (Lipinski definition) is 1. The molecular formula is C10H15N3O2. The van der Waals surface area contributed by atoms with Crippen LogP contribution in [0.15, 0.2) is 18.5 Å². The number of nitrogens with zero attached hydrogens (tertiary/aromatic N) is 2. The van der Waals surface area contributed by atoms with Gasteiger partial charge >= 0.3 is 0 Å². The molecule has 1 amide bonds. The Morgan fingerprint density at radius 3 is 3.00 bits per heavy atom. The van der Waals surface area contributed by atoms with Gasteiger partial charge in [0.1, 0.15) is 6.54 Å². The summed E-state index contributed by atoms with van der Waals surface area (Å²) in [4.78, 5) is 11.6. The number of ether oxygens (including phenoxy) is 1. The number of carbonyl (C=O) groups is 1. The molecule has 1 fully saturated rings. The van der Waals surface area contributed by atoms with Crippen molar-refractivity contribution in [2.75, 3.05) is 13.2 Å². The molecule has 15 heavy (non-hydrogen) atoms. The second kappa shape index (κ2) is 4.93. The predicted octanol–water partition coefficient (Wildman–Crippen LogP) is 0.178. The van der Waals surface area contributed by atoms with Crippen LogP contribution in [0.25, 0.3) is 0 Å². The second-order valence-electron chi connectivity index (χ2n) is 3.66. The Hall–Kier alpha value is -1.36. The summed E-state index contributed by atoms with van der Waals surface area (Å²) in [6.07, 6.45) is 5.26. The Morgan fingerprint density at radius 2 is 2.33 bits per heavy atom. The molecule has 2 rings (SSSR count). The molecule has 0 aromatic carbocycles. The molecule has 0 bridgehead atoms. The topological polar surface area (TPSA) is 56.2 Å². The molecule has 2 heterocycles. The van der Waals surface area contributed by atoms with E-state index in [1.165, 1.54) is 0 Å². The second-order valence-corrected chi connectivity index (χ2v) is 3.66. The maximum Gasteiger partial charge on any atom is 0.241 e. The van der Waals surface area contributed by atoms with Crippen LogP contribution in [0, 0.1) is 0 Å². The van der Waals surface area contributed by atoms with E-state index < -0.39 is 0 Å². The summed E-state index contributed by atoms with van der Waals surface area (Å²) < 4.78 is 6.84. The third-order valence-electron chi connectivity index (χ3n) is 2.45. The number of amides is 1. The largest absolute Gasteiger partial charge is 0.381 e. The molecule has 0 radical (unpaired) electrons. The van der Waals surface area contributed by atoms with Gasteiger partial charge in [0.2, 0.25) is 5.91 Å². The van der Waals surface area contributed by atoms with E-state index in [9.17, 15) is 4.79 Å². The summed E-state index contributed by atoms with van der Waals surface area (Å²) in [6, 6.07) is 2.07. The fourth-order valence-electron chi connectivity index (χ4n) is 1.66. The molecule has 1 aliphatic heterocycles. The van der Waals surface area contributed by atoms with Gasteiger partial charge < -0.3 is 10.1 Å². The molecule has 1 saturated heterocycles. The van der Waals surface area contributed by atoms with Crippen molar-refractivity contribution in [3.63, 3.8) is 0 Å². The lowest BCUT2D eigenvalue weighted by atomic mass is 10.1. The lowest BCUT2D eigenvalue weighted by molar-refractivity contribution is -0.123. The van der Waals surface area contributed by atoms with E-state index >= 15 is 0 Å². The summed E-state index contributed by atoms with van der Waals surface area (Å²) >= 11 is 0. The Balaban J connectivity index is 1.76. The zero-order valence-electron chi connectivity index (χ0n) is 8.56. The highest BCUT2D eigenvalue weighted by atomic mass is 16.5. The van der Waals surface area contributed by atoms with Crippen molar-refractivity contribution in [2.45, 2.75) is 25.4 Å². The minimum Gasteiger partial charge on any atom is -0.381 e. The van der Waals surface area contributed by atoms with Crippen molar-refractivity contribution in [1.82, 2.24) is 15.1 Å². The fourth-order valence-corrected chi connectivity index (χ4v) is 1.66. The molecular weight excluding hydrogens is 194 g/mol. The third kappa shape index (κ3) is 3.06. The smallest absolute Gasteiger partial charge is 0.241 e. The molecule has 1 aromatic rings. The van der Waals surface area contributed by atoms with Crippen molar-refractivity contribution in [3.8, 4) is 0 Å². The highest BCUT2D eigenvalue weighted by Gasteiger charge is 2.15. The van der Waals surface area contributed by atoms with E-state index in [-0.39, 0.29) is 11.9 Å². The van der Waals surface area contributed by atoms with Crippen molar-refractivity contribution in [3.05, 3.63) is 18.5 Å². The van der Waals surface area contributed by atoms with Gasteiger partial charge in [-0.15, -0.1) is 0 Å². The molecule has 1 aliphatic rings. The van der Waals surface area contributed by atoms with Gasteiger partial charge in [0.15, 0.2) is 0 Å². The maximum atomic E-state index is 11.6. The van der Waals surface area contributed by atoms with E-state index in [2.05, 4.69) is 10.4 Å². The SMILES string of the molecule is O=C(Cn1cccn1)NC1CCOCC1. The standard InChI is InChI=1S/C10H15N3O2/c14-10(8-13-5-1-4-11-13)12-9-2-6-15-7-3-9/h1,4-5,9H,2-3,6-8H2,(H,12,14). The number of rotatable bonds is 3. The van der Waals surface area contributed by atoms with Gasteiger partial charge in [0.25, 0.3) is 0 Å². The van der Waals surface area contributed by atoms with E-state index in [4.69, 9.17) is 4.74 Å². The first kappa shape index (κ1) is 10.2. The minimum atomic E-state index is 0.0191. The van der Waals surface area contributed by atoms with Crippen LogP contribution in [0.5, 0.6) is 0 Å². The molecule has 5 nitrogen and oxygen atoms in total. The van der Waals surface area contributed by atoms with Crippen molar-refractivity contribution < 1.29 is 9.53 Å². The fraction of sp³-hybridized carbons (Fsp3) is 0.600. The normalized spacial score (nSPS) is 17.6. The predicted molar refractivity (Wildman–Crippen MR) is 54.2 cm³/mol. The average Bonchev–Trinajstić information content (AvgIpc) is 2.71. The van der Waals surface area contributed by atoms with E-state index in [0.29, 0.717) is 6.54 Å². The monoisotopic (exact) mass is 209 g/mol. The van der Waals surface area contributed by atoms with E-state index in [0.717, 1.165) is 26.1 Å². The molecule has 5 heteroatoms. The summed E-state index contributed by atoms with van der Waals surface area (Å²) in [5, 5.41) is 6.96. The van der Waals surface area contributed by atoms with Crippen LogP contribution in [-0.2, 0) is 16.1 Å². The number of aromatic nitrogens is 2. The quantitative estimate of drug-likeness (QED) is 0.772. The van der Waals surface area contributed by atoms with E-state index in [1.807, 2.05) is 6.07 Å². The number of carbonyl (C=O) groups excluding carboxylic acids is 1. The van der Waals surface area contributed by atoms with Gasteiger partial charge in [-0.1, -0.05) is 0 Å². The highest BCUT2D eigenvalue weighted by molar-refractivity contribution is 5.75. The summed E-state index contributed by atoms with van der Waals surface area (Å²) in [5.74, 6) is 0.0191. The first-order valence-electron chi connectivity index (χ1n) is 5.19. The van der Waals surface area contributed by atoms with Crippen LogP contribution < -0.4 is 5.32 Å². The zero-order chi connectivity index (χ0) is 10.5. The average molecular weight is 209 g/mol. The first-order valence-corrected chi connectivity index (χ1v) is 5.19. The molecule has 0 saturated carbocycles. The van der Waals surface area contributed by atoms with Crippen molar-refractivity contribution in [1.29, 1.82) is 0 Å². The molecule has 0 unspecified atom stereocenters. The third-order valence-corrected chi connectivity index (χ3v) is 2.45. The minimum absolute atomic E-state index is 0.0191. The van der Waals surface area contributed by atoms with Gasteiger partial charge in [0, 0.05) is 31.6 Å². The van der Waals surface area contributed by atoms with Crippen molar-refractivity contribution >= 4 is 5.91 Å². The molecule has 0 aliphatic carbocycles. The van der Waals surface area contributed by atoms with Crippen molar-refractivity contribution in [2.24, 2.45) is 0 Å². The number of nitrogens with one attached hydrogen (secondary N) is 1. The summed E-state index contributed by atoms with van der Waals surface area (Å²) in [5.41, 5.74) is 0. The maximum absolute atomic E-state index is 11.6. The lowest BCUT2D eigenvalue weighted by Gasteiger charge is -2.23. The molecule has 1 aromatic heterocycles. The molecule has 82 valence electrons. The van der Waals surface area contributed by atoms with Crippen LogP contribution in [0.1, 0.15) is 12.8 Å².